The van der Waals surface area contributed by atoms with Gasteiger partial charge in [-0.05, 0) is 6.07 Å². The lowest BCUT2D eigenvalue weighted by atomic mass is 10.1. The average molecular weight is 260 g/mol. The van der Waals surface area contributed by atoms with Gasteiger partial charge < -0.3 is 10.2 Å². The molecule has 1 aromatic heterocycles. The second kappa shape index (κ2) is 5.82. The molecule has 1 heterocycles. The number of aromatic nitrogens is 1. The molecule has 0 radical (unpaired) electrons. The summed E-state index contributed by atoms with van der Waals surface area (Å²) in [5.41, 5.74) is 0. The lowest BCUT2D eigenvalue weighted by Crippen LogP contribution is -2.35. The zero-order valence-electron chi connectivity index (χ0n) is 10.00. The van der Waals surface area contributed by atoms with Crippen LogP contribution >= 0.6 is 11.6 Å². The van der Waals surface area contributed by atoms with Crippen LogP contribution in [0.2, 0.25) is 5.02 Å². The van der Waals surface area contributed by atoms with Gasteiger partial charge in [0.15, 0.2) is 11.6 Å². The predicted octanol–water partition coefficient (Wildman–Crippen LogP) is 1.69. The van der Waals surface area contributed by atoms with Crippen LogP contribution in [0.5, 0.6) is 0 Å². The molecule has 0 bridgehead atoms. The molecule has 0 aliphatic heterocycles. The molecule has 0 aromatic carbocycles. The lowest BCUT2D eigenvalue weighted by molar-refractivity contribution is -0.123. The quantitative estimate of drug-likeness (QED) is 0.895. The van der Waals surface area contributed by atoms with E-state index >= 15 is 0 Å². The van der Waals surface area contributed by atoms with Crippen molar-refractivity contribution in [3.05, 3.63) is 23.1 Å². The summed E-state index contributed by atoms with van der Waals surface area (Å²) in [6.07, 6.45) is 1.38. The number of nitrogens with zero attached hydrogens (tertiary/aromatic N) is 2. The topological polar surface area (TPSA) is 45.2 Å². The molecule has 1 rings (SSSR count). The highest BCUT2D eigenvalue weighted by atomic mass is 35.5. The zero-order valence-corrected chi connectivity index (χ0v) is 10.8. The third-order valence-electron chi connectivity index (χ3n) is 2.39. The number of hydrogen-bond donors (Lipinski definition) is 1. The van der Waals surface area contributed by atoms with E-state index in [4.69, 9.17) is 11.6 Å². The fraction of sp³-hybridized carbons (Fsp3) is 0.455. The maximum absolute atomic E-state index is 13.5. The third-order valence-corrected chi connectivity index (χ3v) is 2.60. The minimum absolute atomic E-state index is 0.0915. The van der Waals surface area contributed by atoms with E-state index in [1.807, 2.05) is 0 Å². The number of halogens is 2. The minimum atomic E-state index is -0.496. The van der Waals surface area contributed by atoms with Crippen LogP contribution in [-0.4, -0.2) is 31.5 Å². The predicted molar refractivity (Wildman–Crippen MR) is 65.7 cm³/mol. The Labute approximate surface area is 105 Å². The van der Waals surface area contributed by atoms with E-state index in [2.05, 4.69) is 10.3 Å². The summed E-state index contributed by atoms with van der Waals surface area (Å²) in [4.78, 5) is 16.8. The molecular weight excluding hydrogens is 245 g/mol. The molecule has 0 aliphatic rings. The van der Waals surface area contributed by atoms with E-state index in [0.717, 1.165) is 0 Å². The number of anilines is 1. The van der Waals surface area contributed by atoms with Crippen molar-refractivity contribution in [3.63, 3.8) is 0 Å². The van der Waals surface area contributed by atoms with Crippen LogP contribution in [0.4, 0.5) is 10.2 Å². The zero-order chi connectivity index (χ0) is 13.0. The van der Waals surface area contributed by atoms with Crippen LogP contribution in [-0.2, 0) is 4.79 Å². The van der Waals surface area contributed by atoms with Gasteiger partial charge in [0, 0.05) is 26.8 Å². The third kappa shape index (κ3) is 3.56. The summed E-state index contributed by atoms with van der Waals surface area (Å²) in [7, 11) is 3.25. The highest BCUT2D eigenvalue weighted by Gasteiger charge is 2.17. The Kier molecular flexibility index (Phi) is 4.69. The largest absolute Gasteiger partial charge is 0.359 e. The van der Waals surface area contributed by atoms with Crippen LogP contribution in [0.15, 0.2) is 12.3 Å². The maximum atomic E-state index is 13.5. The van der Waals surface area contributed by atoms with Gasteiger partial charge in [0.25, 0.3) is 0 Å². The average Bonchev–Trinajstić information content (AvgIpc) is 2.27. The summed E-state index contributed by atoms with van der Waals surface area (Å²) in [6, 6.07) is 1.20. The normalized spacial score (nSPS) is 12.1. The van der Waals surface area contributed by atoms with Crippen molar-refractivity contribution in [1.29, 1.82) is 0 Å². The number of amides is 1. The first-order valence-electron chi connectivity index (χ1n) is 5.19. The van der Waals surface area contributed by atoms with E-state index in [-0.39, 0.29) is 22.7 Å². The van der Waals surface area contributed by atoms with E-state index < -0.39 is 5.82 Å². The summed E-state index contributed by atoms with van der Waals surface area (Å²) >= 11 is 5.62. The van der Waals surface area contributed by atoms with Crippen molar-refractivity contribution in [2.45, 2.75) is 6.92 Å². The number of carbonyl (C=O) groups is 1. The van der Waals surface area contributed by atoms with Crippen molar-refractivity contribution in [2.75, 3.05) is 25.5 Å². The van der Waals surface area contributed by atoms with Crippen molar-refractivity contribution in [1.82, 2.24) is 10.3 Å². The van der Waals surface area contributed by atoms with Crippen LogP contribution < -0.4 is 10.2 Å². The summed E-state index contributed by atoms with van der Waals surface area (Å²) in [5.74, 6) is -0.651. The monoisotopic (exact) mass is 259 g/mol. The van der Waals surface area contributed by atoms with Crippen LogP contribution in [0, 0.1) is 11.7 Å². The van der Waals surface area contributed by atoms with Gasteiger partial charge in [0.2, 0.25) is 5.91 Å². The van der Waals surface area contributed by atoms with Gasteiger partial charge in [-0.3, -0.25) is 4.79 Å². The van der Waals surface area contributed by atoms with Gasteiger partial charge in [-0.15, -0.1) is 0 Å². The van der Waals surface area contributed by atoms with E-state index in [9.17, 15) is 9.18 Å². The molecule has 0 spiro atoms. The fourth-order valence-corrected chi connectivity index (χ4v) is 1.66. The molecule has 0 fully saturated rings. The molecule has 4 nitrogen and oxygen atoms in total. The number of pyridine rings is 1. The van der Waals surface area contributed by atoms with E-state index in [0.29, 0.717) is 6.54 Å². The Morgan fingerprint density at radius 1 is 1.71 bits per heavy atom. The molecular formula is C11H15ClFN3O. The molecule has 94 valence electrons. The van der Waals surface area contributed by atoms with Crippen molar-refractivity contribution >= 4 is 23.3 Å². The van der Waals surface area contributed by atoms with Gasteiger partial charge >= 0.3 is 0 Å². The second-order valence-corrected chi connectivity index (χ2v) is 4.29. The molecule has 1 unspecified atom stereocenters. The number of carbonyl (C=O) groups excluding carboxylic acids is 1. The Morgan fingerprint density at radius 3 is 2.88 bits per heavy atom. The van der Waals surface area contributed by atoms with Gasteiger partial charge in [-0.25, -0.2) is 9.37 Å². The first kappa shape index (κ1) is 13.7. The fourth-order valence-electron chi connectivity index (χ4n) is 1.51. The highest BCUT2D eigenvalue weighted by Crippen LogP contribution is 2.19. The Morgan fingerprint density at radius 2 is 2.35 bits per heavy atom. The molecule has 1 aromatic rings. The SMILES string of the molecule is CNC(=O)C(C)CN(C)c1ncc(Cl)cc1F. The number of hydrogen-bond acceptors (Lipinski definition) is 3. The molecule has 1 atom stereocenters. The maximum Gasteiger partial charge on any atom is 0.224 e. The molecule has 0 saturated heterocycles. The van der Waals surface area contributed by atoms with Crippen molar-refractivity contribution < 1.29 is 9.18 Å². The Hall–Kier alpha value is -1.36. The Bertz CT molecular complexity index is 414. The number of rotatable bonds is 4. The molecule has 1 N–H and O–H groups in total. The highest BCUT2D eigenvalue weighted by molar-refractivity contribution is 6.30. The first-order valence-corrected chi connectivity index (χ1v) is 5.57. The van der Waals surface area contributed by atoms with Gasteiger partial charge in [-0.2, -0.15) is 0 Å². The van der Waals surface area contributed by atoms with Crippen LogP contribution in [0.1, 0.15) is 6.92 Å². The smallest absolute Gasteiger partial charge is 0.224 e. The minimum Gasteiger partial charge on any atom is -0.359 e. The first-order chi connectivity index (χ1) is 7.95. The molecule has 17 heavy (non-hydrogen) atoms. The van der Waals surface area contributed by atoms with Gasteiger partial charge in [0.05, 0.1) is 10.9 Å². The summed E-state index contributed by atoms with van der Waals surface area (Å²) < 4.78 is 13.5. The van der Waals surface area contributed by atoms with Crippen molar-refractivity contribution in [2.24, 2.45) is 5.92 Å². The summed E-state index contributed by atoms with van der Waals surface area (Å²) in [5, 5.41) is 2.79. The van der Waals surface area contributed by atoms with Gasteiger partial charge in [-0.1, -0.05) is 18.5 Å². The van der Waals surface area contributed by atoms with E-state index in [1.165, 1.54) is 12.3 Å². The molecule has 6 heteroatoms. The van der Waals surface area contributed by atoms with Crippen molar-refractivity contribution in [3.8, 4) is 0 Å². The van der Waals surface area contributed by atoms with Gasteiger partial charge in [0.1, 0.15) is 0 Å². The van der Waals surface area contributed by atoms with Crippen LogP contribution in [0.3, 0.4) is 0 Å². The molecule has 0 saturated carbocycles. The second-order valence-electron chi connectivity index (χ2n) is 3.85. The van der Waals surface area contributed by atoms with Crippen LogP contribution in [0.25, 0.3) is 0 Å². The Balaban J connectivity index is 2.76. The number of nitrogens with one attached hydrogen (secondary N) is 1. The lowest BCUT2D eigenvalue weighted by Gasteiger charge is -2.21. The molecule has 1 amide bonds. The standard InChI is InChI=1S/C11H15ClFN3O/c1-7(11(17)14-2)6-16(3)10-9(13)4-8(12)5-15-10/h4-5,7H,6H2,1-3H3,(H,14,17). The molecule has 0 aliphatic carbocycles. The summed E-state index contributed by atoms with van der Waals surface area (Å²) in [6.45, 7) is 2.15. The van der Waals surface area contributed by atoms with E-state index in [1.54, 1.807) is 25.9 Å².